The fourth-order valence-corrected chi connectivity index (χ4v) is 5.67. The minimum atomic E-state index is -3.49. The lowest BCUT2D eigenvalue weighted by Crippen LogP contribution is -2.18. The second kappa shape index (κ2) is 8.30. The third kappa shape index (κ3) is 9.08. The Morgan fingerprint density at radius 3 is 2.44 bits per heavy atom. The van der Waals surface area contributed by atoms with Gasteiger partial charge < -0.3 is 9.63 Å². The van der Waals surface area contributed by atoms with Crippen LogP contribution in [0, 0.1) is 0 Å². The Morgan fingerprint density at radius 1 is 1.33 bits per heavy atom. The van der Waals surface area contributed by atoms with E-state index in [1.807, 2.05) is 0 Å². The van der Waals surface area contributed by atoms with E-state index in [1.54, 1.807) is 0 Å². The number of hydrogen-bond donors (Lipinski definition) is 1. The van der Waals surface area contributed by atoms with E-state index in [2.05, 4.69) is 20.7 Å². The molecule has 0 spiro atoms. The van der Waals surface area contributed by atoms with Crippen molar-refractivity contribution in [1.82, 2.24) is 0 Å². The van der Waals surface area contributed by atoms with Crippen molar-refractivity contribution < 1.29 is 27.4 Å². The van der Waals surface area contributed by atoms with Crippen molar-refractivity contribution in [3.8, 4) is 0 Å². The van der Waals surface area contributed by atoms with Gasteiger partial charge in [0, 0.05) is 17.7 Å². The zero-order valence-electron chi connectivity index (χ0n) is 10.2. The van der Waals surface area contributed by atoms with Crippen LogP contribution in [0.3, 0.4) is 0 Å². The Hall–Kier alpha value is 0.0900. The third-order valence-corrected chi connectivity index (χ3v) is 6.69. The van der Waals surface area contributed by atoms with E-state index in [0.717, 1.165) is 0 Å². The highest BCUT2D eigenvalue weighted by Crippen LogP contribution is 2.41. The highest BCUT2D eigenvalue weighted by Gasteiger charge is 2.22. The number of hydrogen-bond acceptors (Lipinski definition) is 5. The van der Waals surface area contributed by atoms with E-state index in [1.165, 1.54) is 7.11 Å². The van der Waals surface area contributed by atoms with Gasteiger partial charge in [-0.05, 0) is 6.42 Å². The largest absolute Gasteiger partial charge is 0.469 e. The summed E-state index contributed by atoms with van der Waals surface area (Å²) in [6.07, 6.45) is 0.139. The standard InChI is InChI=1S/C9H18BrO6PS/c1-16-9(11)3-7-18(14,15)8-6-17(12,13)5-2-4-10/h2-8H2,1H3,(H,12,13). The lowest BCUT2D eigenvalue weighted by molar-refractivity contribution is -0.140. The molecule has 0 bridgehead atoms. The second-order valence-electron chi connectivity index (χ2n) is 3.81. The molecule has 1 N–H and O–H groups in total. The number of methoxy groups -OCH3 is 1. The molecule has 0 fully saturated rings. The van der Waals surface area contributed by atoms with Gasteiger partial charge in [0.1, 0.15) is 0 Å². The van der Waals surface area contributed by atoms with Crippen molar-refractivity contribution in [2.45, 2.75) is 12.8 Å². The van der Waals surface area contributed by atoms with E-state index >= 15 is 0 Å². The fraction of sp³-hybridized carbons (Fsp3) is 0.889. The zero-order chi connectivity index (χ0) is 14.2. The summed E-state index contributed by atoms with van der Waals surface area (Å²) >= 11 is 3.14. The molecule has 0 aliphatic rings. The molecule has 9 heteroatoms. The molecule has 0 saturated heterocycles. The van der Waals surface area contributed by atoms with Crippen LogP contribution in [0.5, 0.6) is 0 Å². The third-order valence-electron chi connectivity index (χ3n) is 2.24. The number of halogens is 1. The monoisotopic (exact) mass is 364 g/mol. The molecular formula is C9H18BrO6PS. The van der Waals surface area contributed by atoms with Gasteiger partial charge in [0.05, 0.1) is 25.0 Å². The van der Waals surface area contributed by atoms with Gasteiger partial charge in [-0.2, -0.15) is 0 Å². The van der Waals surface area contributed by atoms with Gasteiger partial charge in [0.2, 0.25) is 7.37 Å². The Kier molecular flexibility index (Phi) is 8.34. The summed E-state index contributed by atoms with van der Waals surface area (Å²) in [5, 5.41) is 0.604. The summed E-state index contributed by atoms with van der Waals surface area (Å²) in [6, 6.07) is 0. The highest BCUT2D eigenvalue weighted by molar-refractivity contribution is 9.09. The van der Waals surface area contributed by atoms with Crippen molar-refractivity contribution in [1.29, 1.82) is 0 Å². The highest BCUT2D eigenvalue weighted by atomic mass is 79.9. The topological polar surface area (TPSA) is 97.7 Å². The summed E-state index contributed by atoms with van der Waals surface area (Å²) in [5.41, 5.74) is 0. The maximum absolute atomic E-state index is 11.6. The first-order valence-corrected chi connectivity index (χ1v) is 10.3. The van der Waals surface area contributed by atoms with Crippen LogP contribution in [0.1, 0.15) is 12.8 Å². The minimum Gasteiger partial charge on any atom is -0.469 e. The summed E-state index contributed by atoms with van der Waals surface area (Å²) < 4.78 is 39.0. The molecule has 108 valence electrons. The van der Waals surface area contributed by atoms with Crippen LogP contribution in [0.4, 0.5) is 0 Å². The maximum atomic E-state index is 11.6. The van der Waals surface area contributed by atoms with Crippen LogP contribution in [-0.2, 0) is 23.9 Å². The molecule has 1 unspecified atom stereocenters. The lowest BCUT2D eigenvalue weighted by Gasteiger charge is -2.10. The molecule has 6 nitrogen and oxygen atoms in total. The van der Waals surface area contributed by atoms with E-state index in [0.29, 0.717) is 11.8 Å². The van der Waals surface area contributed by atoms with Gasteiger partial charge in [0.25, 0.3) is 0 Å². The number of esters is 1. The zero-order valence-corrected chi connectivity index (χ0v) is 13.5. The van der Waals surface area contributed by atoms with Gasteiger partial charge in [-0.1, -0.05) is 15.9 Å². The maximum Gasteiger partial charge on any atom is 0.306 e. The molecule has 0 aromatic heterocycles. The van der Waals surface area contributed by atoms with Crippen molar-refractivity contribution >= 4 is 39.1 Å². The molecule has 0 rings (SSSR count). The number of ether oxygens (including phenoxy) is 1. The second-order valence-corrected chi connectivity index (χ2v) is 9.50. The number of carbonyl (C=O) groups excluding carboxylic acids is 1. The molecule has 0 radical (unpaired) electrons. The van der Waals surface area contributed by atoms with Gasteiger partial charge in [-0.3, -0.25) is 9.36 Å². The van der Waals surface area contributed by atoms with Crippen molar-refractivity contribution in [3.05, 3.63) is 0 Å². The quantitative estimate of drug-likeness (QED) is 0.372. The summed E-state index contributed by atoms with van der Waals surface area (Å²) in [7, 11) is -5.70. The average molecular weight is 365 g/mol. The molecule has 0 aliphatic carbocycles. The summed E-state index contributed by atoms with van der Waals surface area (Å²) in [6.45, 7) is 0. The Morgan fingerprint density at radius 2 is 1.94 bits per heavy atom. The van der Waals surface area contributed by atoms with E-state index in [9.17, 15) is 22.7 Å². The molecule has 1 atom stereocenters. The van der Waals surface area contributed by atoms with E-state index < -0.39 is 23.2 Å². The predicted octanol–water partition coefficient (Wildman–Crippen LogP) is 1.02. The smallest absolute Gasteiger partial charge is 0.306 e. The van der Waals surface area contributed by atoms with E-state index in [4.69, 9.17) is 0 Å². The molecule has 18 heavy (non-hydrogen) atoms. The molecule has 0 aromatic carbocycles. The molecular weight excluding hydrogens is 347 g/mol. The Balaban J connectivity index is 4.18. The number of carbonyl (C=O) groups is 1. The molecule has 0 aliphatic heterocycles. The van der Waals surface area contributed by atoms with Crippen LogP contribution in [-0.4, -0.2) is 55.5 Å². The Labute approximate surface area is 116 Å². The van der Waals surface area contributed by atoms with E-state index in [-0.39, 0.29) is 30.3 Å². The lowest BCUT2D eigenvalue weighted by atomic mass is 10.5. The fourth-order valence-electron chi connectivity index (χ4n) is 1.14. The minimum absolute atomic E-state index is 0.102. The van der Waals surface area contributed by atoms with Crippen molar-refractivity contribution in [2.75, 3.05) is 36.3 Å². The first-order valence-electron chi connectivity index (χ1n) is 5.36. The van der Waals surface area contributed by atoms with Crippen LogP contribution in [0.2, 0.25) is 0 Å². The van der Waals surface area contributed by atoms with Crippen LogP contribution in [0.25, 0.3) is 0 Å². The normalized spacial score (nSPS) is 15.1. The number of alkyl halides is 1. The van der Waals surface area contributed by atoms with Gasteiger partial charge in [0.15, 0.2) is 9.84 Å². The van der Waals surface area contributed by atoms with Gasteiger partial charge in [-0.15, -0.1) is 0 Å². The summed E-state index contributed by atoms with van der Waals surface area (Å²) in [5.74, 6) is -1.33. The van der Waals surface area contributed by atoms with Crippen molar-refractivity contribution in [3.63, 3.8) is 0 Å². The molecule has 0 heterocycles. The predicted molar refractivity (Wildman–Crippen MR) is 73.3 cm³/mol. The SMILES string of the molecule is COC(=O)CCS(=O)(=O)CCP(=O)(O)CCCBr. The first kappa shape index (κ1) is 18.1. The van der Waals surface area contributed by atoms with Crippen LogP contribution < -0.4 is 0 Å². The first-order chi connectivity index (χ1) is 8.22. The van der Waals surface area contributed by atoms with Gasteiger partial charge in [-0.25, -0.2) is 8.42 Å². The van der Waals surface area contributed by atoms with Crippen LogP contribution >= 0.6 is 23.3 Å². The molecule has 0 amide bonds. The summed E-state index contributed by atoms with van der Waals surface area (Å²) in [4.78, 5) is 20.3. The molecule has 0 aromatic rings. The molecule has 0 saturated carbocycles. The number of rotatable bonds is 9. The number of sulfone groups is 1. The Bertz CT molecular complexity index is 407. The van der Waals surface area contributed by atoms with Crippen LogP contribution in [0.15, 0.2) is 0 Å². The van der Waals surface area contributed by atoms with Gasteiger partial charge >= 0.3 is 5.97 Å². The average Bonchev–Trinajstić information content (AvgIpc) is 2.31. The van der Waals surface area contributed by atoms with Crippen molar-refractivity contribution in [2.24, 2.45) is 0 Å².